The molecule has 2 N–H and O–H groups in total. The molecule has 2 aliphatic heterocycles. The van der Waals surface area contributed by atoms with Crippen molar-refractivity contribution in [3.8, 4) is 0 Å². The molecule has 170 valence electrons. The highest BCUT2D eigenvalue weighted by molar-refractivity contribution is 5.94. The summed E-state index contributed by atoms with van der Waals surface area (Å²) in [6.07, 6.45) is 5.97. The molecule has 3 atom stereocenters. The minimum atomic E-state index is -0.615. The van der Waals surface area contributed by atoms with Crippen LogP contribution >= 0.6 is 0 Å². The monoisotopic (exact) mass is 431 g/mol. The van der Waals surface area contributed by atoms with Crippen LogP contribution < -0.4 is 10.9 Å². The maximum absolute atomic E-state index is 13.5. The predicted molar refractivity (Wildman–Crippen MR) is 115 cm³/mol. The number of aromatic amines is 1. The summed E-state index contributed by atoms with van der Waals surface area (Å²) in [5, 5.41) is 3.12. The fourth-order valence-electron chi connectivity index (χ4n) is 5.52. The van der Waals surface area contributed by atoms with Crippen LogP contribution in [0.3, 0.4) is 0 Å². The largest absolute Gasteiger partial charge is 0.379 e. The lowest BCUT2D eigenvalue weighted by Crippen LogP contribution is -2.62. The minimum absolute atomic E-state index is 0.0300. The molecule has 2 amide bonds. The molecule has 1 aromatic rings. The Morgan fingerprint density at radius 2 is 2.03 bits per heavy atom. The van der Waals surface area contributed by atoms with Crippen LogP contribution in [-0.2, 0) is 9.53 Å². The van der Waals surface area contributed by atoms with Crippen LogP contribution in [-0.4, -0.2) is 83.1 Å². The zero-order chi connectivity index (χ0) is 22.0. The van der Waals surface area contributed by atoms with Crippen molar-refractivity contribution in [1.29, 1.82) is 0 Å². The maximum atomic E-state index is 13.5. The minimum Gasteiger partial charge on any atom is -0.379 e. The molecule has 1 aliphatic carbocycles. The van der Waals surface area contributed by atoms with E-state index in [2.05, 4.69) is 20.2 Å². The van der Waals surface area contributed by atoms with E-state index in [1.165, 1.54) is 12.5 Å². The van der Waals surface area contributed by atoms with Crippen LogP contribution in [0.25, 0.3) is 0 Å². The number of carbonyl (C=O) groups is 2. The van der Waals surface area contributed by atoms with Crippen molar-refractivity contribution in [2.45, 2.75) is 51.6 Å². The number of H-pyrrole nitrogens is 1. The van der Waals surface area contributed by atoms with Crippen LogP contribution in [0.15, 0.2) is 17.3 Å². The Balaban J connectivity index is 1.56. The molecule has 3 fully saturated rings. The predicted octanol–water partition coefficient (Wildman–Crippen LogP) is 0.628. The molecule has 1 saturated carbocycles. The summed E-state index contributed by atoms with van der Waals surface area (Å²) in [5.41, 5.74) is -1.03. The molecule has 3 heterocycles. The van der Waals surface area contributed by atoms with Gasteiger partial charge in [0.2, 0.25) is 5.91 Å². The first-order chi connectivity index (χ1) is 14.9. The van der Waals surface area contributed by atoms with E-state index in [0.29, 0.717) is 19.1 Å². The van der Waals surface area contributed by atoms with Crippen molar-refractivity contribution < 1.29 is 14.3 Å². The number of carbonyl (C=O) groups excluding carboxylic acids is 2. The molecule has 0 radical (unpaired) electrons. The Kier molecular flexibility index (Phi) is 6.43. The van der Waals surface area contributed by atoms with Crippen LogP contribution in [0.4, 0.5) is 0 Å². The quantitative estimate of drug-likeness (QED) is 0.724. The second kappa shape index (κ2) is 9.08. The molecule has 0 spiro atoms. The van der Waals surface area contributed by atoms with Crippen molar-refractivity contribution in [2.24, 2.45) is 11.3 Å². The Morgan fingerprint density at radius 1 is 1.26 bits per heavy atom. The lowest BCUT2D eigenvalue weighted by Gasteiger charge is -2.53. The van der Waals surface area contributed by atoms with Gasteiger partial charge in [-0.1, -0.05) is 0 Å². The summed E-state index contributed by atoms with van der Waals surface area (Å²) in [4.78, 5) is 49.2. The molecule has 3 aliphatic rings. The van der Waals surface area contributed by atoms with E-state index < -0.39 is 11.0 Å². The third-order valence-electron chi connectivity index (χ3n) is 7.15. The number of hydrogen-bond donors (Lipinski definition) is 2. The lowest BCUT2D eigenvalue weighted by atomic mass is 9.60. The highest BCUT2D eigenvalue weighted by Crippen LogP contribution is 2.48. The standard InChI is InChI=1S/C22H33N5O4/c1-15(2)25-21(30)22-5-3-17(26-7-9-31-10-8-26)11-16(22)4-6-27(13-22)20(29)18-12-23-14-24-19(18)28/h12,14-17H,3-11,13H2,1-2H3,(H,25,30)(H,23,24,28)/t16-,17+,22-/m1/s1. The molecule has 31 heavy (non-hydrogen) atoms. The molecular weight excluding hydrogens is 398 g/mol. The number of likely N-dealkylation sites (tertiary alicyclic amines) is 1. The van der Waals surface area contributed by atoms with Gasteiger partial charge in [-0.25, -0.2) is 4.98 Å². The van der Waals surface area contributed by atoms with E-state index in [-0.39, 0.29) is 29.3 Å². The van der Waals surface area contributed by atoms with Crippen LogP contribution in [0.5, 0.6) is 0 Å². The summed E-state index contributed by atoms with van der Waals surface area (Å²) in [5.74, 6) is -0.102. The molecule has 0 bridgehead atoms. The third-order valence-corrected chi connectivity index (χ3v) is 7.15. The van der Waals surface area contributed by atoms with Gasteiger partial charge in [0.05, 0.1) is 25.0 Å². The summed E-state index contributed by atoms with van der Waals surface area (Å²) in [7, 11) is 0. The molecule has 9 nitrogen and oxygen atoms in total. The van der Waals surface area contributed by atoms with Gasteiger partial charge < -0.3 is 19.9 Å². The molecular formula is C22H33N5O4. The molecule has 4 rings (SSSR count). The lowest BCUT2D eigenvalue weighted by molar-refractivity contribution is -0.144. The number of ether oxygens (including phenoxy) is 1. The maximum Gasteiger partial charge on any atom is 0.263 e. The van der Waals surface area contributed by atoms with Gasteiger partial charge in [-0.3, -0.25) is 19.3 Å². The molecule has 1 aromatic heterocycles. The van der Waals surface area contributed by atoms with Gasteiger partial charge in [-0.05, 0) is 45.4 Å². The number of piperidine rings is 1. The van der Waals surface area contributed by atoms with Crippen molar-refractivity contribution >= 4 is 11.8 Å². The first-order valence-electron chi connectivity index (χ1n) is 11.4. The Hall–Kier alpha value is -2.26. The molecule has 0 unspecified atom stereocenters. The fourth-order valence-corrected chi connectivity index (χ4v) is 5.52. The number of morpholine rings is 1. The van der Waals surface area contributed by atoms with Gasteiger partial charge in [-0.2, -0.15) is 0 Å². The Morgan fingerprint density at radius 3 is 2.74 bits per heavy atom. The van der Waals surface area contributed by atoms with E-state index in [9.17, 15) is 14.4 Å². The highest BCUT2D eigenvalue weighted by atomic mass is 16.5. The van der Waals surface area contributed by atoms with E-state index in [4.69, 9.17) is 4.74 Å². The van der Waals surface area contributed by atoms with Crippen LogP contribution in [0.1, 0.15) is 49.9 Å². The number of nitrogens with zero attached hydrogens (tertiary/aromatic N) is 3. The van der Waals surface area contributed by atoms with Gasteiger partial charge in [0.1, 0.15) is 5.56 Å². The second-order valence-electron chi connectivity index (χ2n) is 9.37. The smallest absolute Gasteiger partial charge is 0.263 e. The van der Waals surface area contributed by atoms with Crippen LogP contribution in [0, 0.1) is 11.3 Å². The van der Waals surface area contributed by atoms with Gasteiger partial charge in [0, 0.05) is 44.5 Å². The second-order valence-corrected chi connectivity index (χ2v) is 9.37. The number of amides is 2. The summed E-state index contributed by atoms with van der Waals surface area (Å²) < 4.78 is 5.51. The van der Waals surface area contributed by atoms with E-state index >= 15 is 0 Å². The average Bonchev–Trinajstić information content (AvgIpc) is 2.78. The Bertz CT molecular complexity index is 865. The number of fused-ring (bicyclic) bond motifs is 1. The highest BCUT2D eigenvalue weighted by Gasteiger charge is 2.53. The van der Waals surface area contributed by atoms with Crippen molar-refractivity contribution in [2.75, 3.05) is 39.4 Å². The molecule has 9 heteroatoms. The first-order valence-corrected chi connectivity index (χ1v) is 11.4. The van der Waals surface area contributed by atoms with Crippen LogP contribution in [0.2, 0.25) is 0 Å². The van der Waals surface area contributed by atoms with E-state index in [0.717, 1.165) is 52.0 Å². The van der Waals surface area contributed by atoms with E-state index in [1.807, 2.05) is 13.8 Å². The zero-order valence-corrected chi connectivity index (χ0v) is 18.4. The number of rotatable bonds is 4. The average molecular weight is 432 g/mol. The SMILES string of the molecule is CC(C)NC(=O)[C@@]12CC[C@H](N3CCOCC3)C[C@H]1CCN(C(=O)c1cnc[nH]c1=O)C2. The topological polar surface area (TPSA) is 108 Å². The normalized spacial score (nSPS) is 29.5. The summed E-state index contributed by atoms with van der Waals surface area (Å²) in [6, 6.07) is 0.490. The molecule has 2 saturated heterocycles. The summed E-state index contributed by atoms with van der Waals surface area (Å²) >= 11 is 0. The van der Waals surface area contributed by atoms with Crippen molar-refractivity contribution in [1.82, 2.24) is 25.1 Å². The number of aromatic nitrogens is 2. The van der Waals surface area contributed by atoms with Crippen molar-refractivity contribution in [3.05, 3.63) is 28.4 Å². The zero-order valence-electron chi connectivity index (χ0n) is 18.4. The van der Waals surface area contributed by atoms with Crippen molar-refractivity contribution in [3.63, 3.8) is 0 Å². The van der Waals surface area contributed by atoms with Gasteiger partial charge in [0.15, 0.2) is 0 Å². The van der Waals surface area contributed by atoms with E-state index in [1.54, 1.807) is 4.90 Å². The number of nitrogens with one attached hydrogen (secondary N) is 2. The van der Waals surface area contributed by atoms with Gasteiger partial charge in [0.25, 0.3) is 11.5 Å². The summed E-state index contributed by atoms with van der Waals surface area (Å²) in [6.45, 7) is 8.23. The van der Waals surface area contributed by atoms with Gasteiger partial charge in [-0.15, -0.1) is 0 Å². The third kappa shape index (κ3) is 4.39. The van der Waals surface area contributed by atoms with Gasteiger partial charge >= 0.3 is 0 Å². The first kappa shape index (κ1) is 22.0. The number of hydrogen-bond acceptors (Lipinski definition) is 6. The fraction of sp³-hybridized carbons (Fsp3) is 0.727. The Labute approximate surface area is 182 Å². The molecule has 0 aromatic carbocycles.